The Labute approximate surface area is 134 Å². The minimum Gasteiger partial charge on any atom is -0.338 e. The number of carbonyl (C=O) groups excluding carboxylic acids is 1. The van der Waals surface area contributed by atoms with E-state index in [2.05, 4.69) is 49.1 Å². The maximum Gasteiger partial charge on any atom is 0.236 e. The summed E-state index contributed by atoms with van der Waals surface area (Å²) in [5, 5.41) is 0. The minimum atomic E-state index is 0.0558. The number of hydrogen-bond acceptors (Lipinski definition) is 3. The lowest BCUT2D eigenvalue weighted by Crippen LogP contribution is -2.51. The Hall–Kier alpha value is -1.39. The molecule has 0 bridgehead atoms. The quantitative estimate of drug-likeness (QED) is 0.877. The second-order valence-electron chi connectivity index (χ2n) is 6.45. The summed E-state index contributed by atoms with van der Waals surface area (Å²) in [5.41, 5.74) is 6.91. The number of carbonyl (C=O) groups is 1. The number of likely N-dealkylation sites (tertiary alicyclic amines) is 1. The average molecular weight is 303 g/mol. The van der Waals surface area contributed by atoms with Crippen LogP contribution in [0.15, 0.2) is 30.3 Å². The topological polar surface area (TPSA) is 49.6 Å². The number of nitrogens with zero attached hydrogens (tertiary/aromatic N) is 2. The Morgan fingerprint density at radius 1 is 1.32 bits per heavy atom. The summed E-state index contributed by atoms with van der Waals surface area (Å²) in [6, 6.07) is 11.2. The molecular formula is C18H29N3O. The van der Waals surface area contributed by atoms with Crippen LogP contribution in [0.3, 0.4) is 0 Å². The van der Waals surface area contributed by atoms with Crippen molar-refractivity contribution in [2.75, 3.05) is 19.6 Å². The normalized spacial score (nSPS) is 19.4. The molecule has 2 N–H and O–H groups in total. The van der Waals surface area contributed by atoms with Gasteiger partial charge >= 0.3 is 0 Å². The summed E-state index contributed by atoms with van der Waals surface area (Å²) < 4.78 is 0. The lowest BCUT2D eigenvalue weighted by Gasteiger charge is -2.40. The number of benzene rings is 1. The maximum absolute atomic E-state index is 12.1. The van der Waals surface area contributed by atoms with Crippen molar-refractivity contribution in [2.45, 2.75) is 51.7 Å². The van der Waals surface area contributed by atoms with Gasteiger partial charge in [-0.05, 0) is 38.8 Å². The van der Waals surface area contributed by atoms with Gasteiger partial charge in [-0.15, -0.1) is 0 Å². The Morgan fingerprint density at radius 3 is 2.68 bits per heavy atom. The van der Waals surface area contributed by atoms with Crippen LogP contribution >= 0.6 is 0 Å². The molecule has 122 valence electrons. The molecule has 1 aromatic carbocycles. The van der Waals surface area contributed by atoms with Crippen LogP contribution in [0, 0.1) is 0 Å². The fraction of sp³-hybridized carbons (Fsp3) is 0.611. The van der Waals surface area contributed by atoms with Gasteiger partial charge in [-0.25, -0.2) is 0 Å². The first-order valence-corrected chi connectivity index (χ1v) is 8.39. The summed E-state index contributed by atoms with van der Waals surface area (Å²) in [5.74, 6) is 0.0558. The third kappa shape index (κ3) is 4.55. The van der Waals surface area contributed by atoms with Gasteiger partial charge in [-0.1, -0.05) is 36.8 Å². The third-order valence-corrected chi connectivity index (χ3v) is 4.50. The molecule has 1 fully saturated rings. The molecule has 1 amide bonds. The zero-order chi connectivity index (χ0) is 15.9. The molecule has 1 aliphatic rings. The van der Waals surface area contributed by atoms with Gasteiger partial charge in [0.15, 0.2) is 0 Å². The summed E-state index contributed by atoms with van der Waals surface area (Å²) in [7, 11) is 0. The molecule has 2 rings (SSSR count). The van der Waals surface area contributed by atoms with E-state index < -0.39 is 0 Å². The van der Waals surface area contributed by atoms with Crippen LogP contribution < -0.4 is 5.73 Å². The standard InChI is InChI=1S/C18H29N3O/c1-15(2)21(18(22)12-19)14-17-10-6-7-11-20(17)13-16-8-4-3-5-9-16/h3-5,8-9,15,17H,6-7,10-14,19H2,1-2H3/t17-/m1/s1. The van der Waals surface area contributed by atoms with Crippen LogP contribution in [-0.4, -0.2) is 47.4 Å². The van der Waals surface area contributed by atoms with Crippen molar-refractivity contribution in [1.82, 2.24) is 9.80 Å². The van der Waals surface area contributed by atoms with Gasteiger partial charge in [0.2, 0.25) is 5.91 Å². The fourth-order valence-corrected chi connectivity index (χ4v) is 3.24. The third-order valence-electron chi connectivity index (χ3n) is 4.50. The van der Waals surface area contributed by atoms with Gasteiger partial charge < -0.3 is 10.6 Å². The van der Waals surface area contributed by atoms with Crippen LogP contribution in [0.2, 0.25) is 0 Å². The predicted molar refractivity (Wildman–Crippen MR) is 90.4 cm³/mol. The Bertz CT molecular complexity index is 461. The largest absolute Gasteiger partial charge is 0.338 e. The highest BCUT2D eigenvalue weighted by Crippen LogP contribution is 2.21. The summed E-state index contributed by atoms with van der Waals surface area (Å²) in [6.07, 6.45) is 3.66. The highest BCUT2D eigenvalue weighted by atomic mass is 16.2. The highest BCUT2D eigenvalue weighted by molar-refractivity contribution is 5.78. The van der Waals surface area contributed by atoms with Gasteiger partial charge in [0, 0.05) is 25.2 Å². The van der Waals surface area contributed by atoms with E-state index in [-0.39, 0.29) is 18.5 Å². The van der Waals surface area contributed by atoms with Crippen LogP contribution in [0.5, 0.6) is 0 Å². The molecule has 4 heteroatoms. The minimum absolute atomic E-state index is 0.0558. The zero-order valence-electron chi connectivity index (χ0n) is 13.9. The van der Waals surface area contributed by atoms with Crippen molar-refractivity contribution in [3.05, 3.63) is 35.9 Å². The molecule has 0 saturated carbocycles. The maximum atomic E-state index is 12.1. The van der Waals surface area contributed by atoms with Gasteiger partial charge in [-0.2, -0.15) is 0 Å². The molecule has 1 saturated heterocycles. The van der Waals surface area contributed by atoms with Crippen molar-refractivity contribution in [1.29, 1.82) is 0 Å². The van der Waals surface area contributed by atoms with E-state index in [1.807, 2.05) is 4.90 Å². The van der Waals surface area contributed by atoms with E-state index in [0.717, 1.165) is 26.1 Å². The van der Waals surface area contributed by atoms with Crippen LogP contribution in [0.1, 0.15) is 38.7 Å². The van der Waals surface area contributed by atoms with Crippen molar-refractivity contribution in [3.63, 3.8) is 0 Å². The second kappa shape index (κ2) is 8.30. The molecule has 1 atom stereocenters. The molecular weight excluding hydrogens is 274 g/mol. The van der Waals surface area contributed by atoms with E-state index >= 15 is 0 Å². The lowest BCUT2D eigenvalue weighted by molar-refractivity contribution is -0.132. The van der Waals surface area contributed by atoms with E-state index in [4.69, 9.17) is 5.73 Å². The molecule has 1 aliphatic heterocycles. The number of hydrogen-bond donors (Lipinski definition) is 1. The smallest absolute Gasteiger partial charge is 0.236 e. The van der Waals surface area contributed by atoms with E-state index in [0.29, 0.717) is 6.04 Å². The molecule has 0 aromatic heterocycles. The molecule has 0 spiro atoms. The molecule has 0 aliphatic carbocycles. The average Bonchev–Trinajstić information content (AvgIpc) is 2.54. The summed E-state index contributed by atoms with van der Waals surface area (Å²) in [4.78, 5) is 16.5. The zero-order valence-corrected chi connectivity index (χ0v) is 13.9. The van der Waals surface area contributed by atoms with Crippen molar-refractivity contribution < 1.29 is 4.79 Å². The van der Waals surface area contributed by atoms with E-state index in [1.165, 1.54) is 18.4 Å². The summed E-state index contributed by atoms with van der Waals surface area (Å²) >= 11 is 0. The number of amides is 1. The molecule has 22 heavy (non-hydrogen) atoms. The highest BCUT2D eigenvalue weighted by Gasteiger charge is 2.27. The van der Waals surface area contributed by atoms with Crippen molar-refractivity contribution in [3.8, 4) is 0 Å². The van der Waals surface area contributed by atoms with E-state index in [9.17, 15) is 4.79 Å². The van der Waals surface area contributed by atoms with E-state index in [1.54, 1.807) is 0 Å². The first-order chi connectivity index (χ1) is 10.6. The van der Waals surface area contributed by atoms with Crippen LogP contribution in [-0.2, 0) is 11.3 Å². The molecule has 4 nitrogen and oxygen atoms in total. The first-order valence-electron chi connectivity index (χ1n) is 8.39. The lowest BCUT2D eigenvalue weighted by atomic mass is 10.00. The number of rotatable bonds is 6. The van der Waals surface area contributed by atoms with Crippen molar-refractivity contribution in [2.24, 2.45) is 5.73 Å². The Morgan fingerprint density at radius 2 is 2.05 bits per heavy atom. The molecule has 0 unspecified atom stereocenters. The van der Waals surface area contributed by atoms with Gasteiger partial charge in [0.05, 0.1) is 6.54 Å². The monoisotopic (exact) mass is 303 g/mol. The predicted octanol–water partition coefficient (Wildman–Crippen LogP) is 2.24. The van der Waals surface area contributed by atoms with Crippen molar-refractivity contribution >= 4 is 5.91 Å². The first kappa shape index (κ1) is 17.0. The Kier molecular flexibility index (Phi) is 6.40. The van der Waals surface area contributed by atoms with Crippen LogP contribution in [0.4, 0.5) is 0 Å². The van der Waals surface area contributed by atoms with Gasteiger partial charge in [0.25, 0.3) is 0 Å². The summed E-state index contributed by atoms with van der Waals surface area (Å²) in [6.45, 7) is 7.11. The number of piperidine rings is 1. The number of nitrogens with two attached hydrogens (primary N) is 1. The van der Waals surface area contributed by atoms with Crippen LogP contribution in [0.25, 0.3) is 0 Å². The molecule has 1 aromatic rings. The van der Waals surface area contributed by atoms with Gasteiger partial charge in [-0.3, -0.25) is 9.69 Å². The molecule has 0 radical (unpaired) electrons. The van der Waals surface area contributed by atoms with Gasteiger partial charge in [0.1, 0.15) is 0 Å². The fourth-order valence-electron chi connectivity index (χ4n) is 3.24. The molecule has 1 heterocycles. The Balaban J connectivity index is 2.04. The SMILES string of the molecule is CC(C)N(C[C@H]1CCCCN1Cc1ccccc1)C(=O)CN. The second-order valence-corrected chi connectivity index (χ2v) is 6.45.